The van der Waals surface area contributed by atoms with Gasteiger partial charge in [-0.2, -0.15) is 0 Å². The Kier molecular flexibility index (Phi) is 4.86. The van der Waals surface area contributed by atoms with Crippen LogP contribution in [0.4, 0.5) is 0 Å². The number of fused-ring (bicyclic) bond motifs is 4. The van der Waals surface area contributed by atoms with Gasteiger partial charge in [0.1, 0.15) is 5.75 Å². The molecule has 0 saturated heterocycles. The number of aromatic hydroxyl groups is 1. The van der Waals surface area contributed by atoms with E-state index in [2.05, 4.69) is 22.0 Å². The summed E-state index contributed by atoms with van der Waals surface area (Å²) in [5.41, 5.74) is 7.10. The average Bonchev–Trinajstić information content (AvgIpc) is 3.23. The van der Waals surface area contributed by atoms with Gasteiger partial charge in [-0.05, 0) is 50.0 Å². The van der Waals surface area contributed by atoms with Crippen LogP contribution in [0.5, 0.6) is 5.75 Å². The quantitative estimate of drug-likeness (QED) is 0.450. The van der Waals surface area contributed by atoms with Crippen LogP contribution >= 0.6 is 0 Å². The molecule has 3 heterocycles. The number of phenols is 1. The molecule has 182 valence electrons. The third kappa shape index (κ3) is 3.05. The number of hydrogen-bond donors (Lipinski definition) is 2. The standard InChI is InChI=1S/C29H28N4O3/c1-16-9-12-18(13-10-16)25-23-26(31(3)29(36)32(4)28(23)35)27-24(19-14-11-17(2)15-22(19)34)30-20-7-5-6-8-21(20)33(25)27/h5,7,9-15,24,30,34H,6,8H2,1-4H3. The largest absolute Gasteiger partial charge is 0.508 e. The number of benzene rings is 2. The minimum atomic E-state index is -0.466. The van der Waals surface area contributed by atoms with E-state index in [1.807, 2.05) is 50.2 Å². The van der Waals surface area contributed by atoms with Crippen molar-refractivity contribution in [3.63, 3.8) is 0 Å². The van der Waals surface area contributed by atoms with E-state index in [0.29, 0.717) is 16.5 Å². The molecule has 2 aliphatic rings. The maximum atomic E-state index is 13.7. The van der Waals surface area contributed by atoms with E-state index in [-0.39, 0.29) is 17.0 Å². The molecule has 1 atom stereocenters. The molecule has 2 aromatic heterocycles. The summed E-state index contributed by atoms with van der Waals surface area (Å²) in [6.07, 6.45) is 5.86. The molecule has 0 saturated carbocycles. The molecule has 1 unspecified atom stereocenters. The lowest BCUT2D eigenvalue weighted by Gasteiger charge is -2.34. The van der Waals surface area contributed by atoms with Gasteiger partial charge in [-0.25, -0.2) is 4.79 Å². The van der Waals surface area contributed by atoms with Gasteiger partial charge in [-0.1, -0.05) is 48.0 Å². The number of phenolic OH excluding ortho intramolecular Hbond substituents is 1. The predicted molar refractivity (Wildman–Crippen MR) is 142 cm³/mol. The van der Waals surface area contributed by atoms with Gasteiger partial charge in [0.05, 0.1) is 34.0 Å². The van der Waals surface area contributed by atoms with E-state index in [9.17, 15) is 14.7 Å². The third-order valence-corrected chi connectivity index (χ3v) is 7.42. The first kappa shape index (κ1) is 22.2. The highest BCUT2D eigenvalue weighted by atomic mass is 16.3. The zero-order chi connectivity index (χ0) is 25.3. The maximum absolute atomic E-state index is 13.7. The van der Waals surface area contributed by atoms with Crippen LogP contribution in [0.25, 0.3) is 27.9 Å². The number of nitrogens with zero attached hydrogens (tertiary/aromatic N) is 3. The summed E-state index contributed by atoms with van der Waals surface area (Å²) in [5, 5.41) is 15.1. The van der Waals surface area contributed by atoms with Gasteiger partial charge in [0.15, 0.2) is 0 Å². The second kappa shape index (κ2) is 7.88. The molecule has 0 fully saturated rings. The molecule has 2 N–H and O–H groups in total. The van der Waals surface area contributed by atoms with Crippen molar-refractivity contribution in [1.82, 2.24) is 19.0 Å². The predicted octanol–water partition coefficient (Wildman–Crippen LogP) is 4.24. The first-order valence-corrected chi connectivity index (χ1v) is 12.2. The summed E-state index contributed by atoms with van der Waals surface area (Å²) in [4.78, 5) is 26.9. The summed E-state index contributed by atoms with van der Waals surface area (Å²) in [6, 6.07) is 13.3. The summed E-state index contributed by atoms with van der Waals surface area (Å²) in [7, 11) is 3.23. The fourth-order valence-corrected chi connectivity index (χ4v) is 5.59. The molecule has 1 aliphatic heterocycles. The van der Waals surface area contributed by atoms with Crippen LogP contribution in [0.1, 0.15) is 41.3 Å². The van der Waals surface area contributed by atoms with Gasteiger partial charge >= 0.3 is 5.69 Å². The van der Waals surface area contributed by atoms with E-state index >= 15 is 0 Å². The van der Waals surface area contributed by atoms with Gasteiger partial charge in [0.2, 0.25) is 0 Å². The van der Waals surface area contributed by atoms with E-state index in [4.69, 9.17) is 0 Å². The van der Waals surface area contributed by atoms with Crippen molar-refractivity contribution in [1.29, 1.82) is 0 Å². The zero-order valence-electron chi connectivity index (χ0n) is 20.8. The molecule has 7 nitrogen and oxygen atoms in total. The molecule has 6 rings (SSSR count). The molecule has 7 heteroatoms. The van der Waals surface area contributed by atoms with E-state index in [0.717, 1.165) is 52.3 Å². The second-order valence-corrected chi connectivity index (χ2v) is 9.81. The Balaban J connectivity index is 1.84. The summed E-state index contributed by atoms with van der Waals surface area (Å²) < 4.78 is 4.90. The van der Waals surface area contributed by atoms with Gasteiger partial charge in [-0.3, -0.25) is 13.9 Å². The molecule has 0 radical (unpaired) electrons. The Bertz CT molecular complexity index is 1750. The number of allylic oxidation sites excluding steroid dienone is 3. The molecular formula is C29H28N4O3. The third-order valence-electron chi connectivity index (χ3n) is 7.42. The highest BCUT2D eigenvalue weighted by Gasteiger charge is 2.36. The highest BCUT2D eigenvalue weighted by Crippen LogP contribution is 2.45. The molecule has 0 spiro atoms. The maximum Gasteiger partial charge on any atom is 0.331 e. The lowest BCUT2D eigenvalue weighted by Crippen LogP contribution is -2.37. The van der Waals surface area contributed by atoms with E-state index in [1.165, 1.54) is 11.6 Å². The first-order chi connectivity index (χ1) is 17.3. The first-order valence-electron chi connectivity index (χ1n) is 12.2. The molecule has 36 heavy (non-hydrogen) atoms. The van der Waals surface area contributed by atoms with Crippen molar-refractivity contribution < 1.29 is 5.11 Å². The Labute approximate surface area is 208 Å². The van der Waals surface area contributed by atoms with Crippen LogP contribution in [-0.2, 0) is 14.1 Å². The highest BCUT2D eigenvalue weighted by molar-refractivity contribution is 5.99. The van der Waals surface area contributed by atoms with Gasteiger partial charge < -0.3 is 15.0 Å². The summed E-state index contributed by atoms with van der Waals surface area (Å²) in [5.74, 6) is 0.169. The van der Waals surface area contributed by atoms with E-state index < -0.39 is 6.04 Å². The normalized spacial score (nSPS) is 16.7. The van der Waals surface area contributed by atoms with E-state index in [1.54, 1.807) is 17.7 Å². The van der Waals surface area contributed by atoms with Gasteiger partial charge in [0, 0.05) is 25.4 Å². The topological polar surface area (TPSA) is 81.2 Å². The Morgan fingerprint density at radius 1 is 0.972 bits per heavy atom. The lowest BCUT2D eigenvalue weighted by molar-refractivity contribution is 0.458. The van der Waals surface area contributed by atoms with Crippen LogP contribution in [0.3, 0.4) is 0 Å². The van der Waals surface area contributed by atoms with Crippen molar-refractivity contribution in [3.8, 4) is 17.0 Å². The van der Waals surface area contributed by atoms with Crippen molar-refractivity contribution in [2.75, 3.05) is 0 Å². The van der Waals surface area contributed by atoms with Gasteiger partial charge in [0.25, 0.3) is 5.56 Å². The van der Waals surface area contributed by atoms with Crippen molar-refractivity contribution in [3.05, 3.63) is 104 Å². The van der Waals surface area contributed by atoms with Crippen LogP contribution in [0.2, 0.25) is 0 Å². The van der Waals surface area contributed by atoms with Crippen molar-refractivity contribution >= 4 is 16.6 Å². The fraction of sp³-hybridized carbons (Fsp3) is 0.241. The van der Waals surface area contributed by atoms with Crippen molar-refractivity contribution in [2.24, 2.45) is 14.1 Å². The van der Waals surface area contributed by atoms with Crippen LogP contribution in [0.15, 0.2) is 69.9 Å². The number of aryl methyl sites for hydroxylation is 3. The van der Waals surface area contributed by atoms with Crippen LogP contribution in [0, 0.1) is 13.8 Å². The smallest absolute Gasteiger partial charge is 0.331 e. The number of aromatic nitrogens is 3. The fourth-order valence-electron chi connectivity index (χ4n) is 5.59. The molecular weight excluding hydrogens is 452 g/mol. The summed E-state index contributed by atoms with van der Waals surface area (Å²) in [6.45, 7) is 3.97. The Morgan fingerprint density at radius 2 is 1.69 bits per heavy atom. The molecule has 4 aromatic rings. The zero-order valence-corrected chi connectivity index (χ0v) is 20.8. The molecule has 0 bridgehead atoms. The molecule has 0 amide bonds. The van der Waals surface area contributed by atoms with Crippen LogP contribution < -0.4 is 16.6 Å². The second-order valence-electron chi connectivity index (χ2n) is 9.81. The summed E-state index contributed by atoms with van der Waals surface area (Å²) >= 11 is 0. The number of hydrogen-bond acceptors (Lipinski definition) is 4. The minimum Gasteiger partial charge on any atom is -0.508 e. The minimum absolute atomic E-state index is 0.169. The molecule has 1 aliphatic carbocycles. The Morgan fingerprint density at radius 3 is 2.42 bits per heavy atom. The van der Waals surface area contributed by atoms with Crippen molar-refractivity contribution in [2.45, 2.75) is 32.7 Å². The Hall–Kier alpha value is -4.26. The number of rotatable bonds is 2. The average molecular weight is 481 g/mol. The lowest BCUT2D eigenvalue weighted by atomic mass is 9.95. The monoisotopic (exact) mass is 480 g/mol. The SMILES string of the molecule is Cc1ccc(-c2c3c(=O)n(C)c(=O)n(C)c3c3n2C2=C(C=CCC2)NC3c2ccc(C)cc2O)cc1. The number of nitrogens with one attached hydrogen (secondary N) is 1. The van der Waals surface area contributed by atoms with Gasteiger partial charge in [-0.15, -0.1) is 0 Å². The molecule has 2 aromatic carbocycles. The van der Waals surface area contributed by atoms with Crippen LogP contribution in [-0.4, -0.2) is 18.8 Å².